The molecule has 0 spiro atoms. The van der Waals surface area contributed by atoms with E-state index in [0.29, 0.717) is 12.2 Å². The van der Waals surface area contributed by atoms with E-state index in [4.69, 9.17) is 9.94 Å². The maximum atomic E-state index is 12.5. The Morgan fingerprint density at radius 2 is 2.00 bits per heavy atom. The first-order chi connectivity index (χ1) is 10.5. The Hall–Kier alpha value is -2.04. The number of rotatable bonds is 7. The number of hydrogen-bond donors (Lipinski definition) is 2. The lowest BCUT2D eigenvalue weighted by Crippen LogP contribution is -2.38. The van der Waals surface area contributed by atoms with E-state index in [0.717, 1.165) is 0 Å². The van der Waals surface area contributed by atoms with Gasteiger partial charge >= 0.3 is 0 Å². The average molecular weight is 325 g/mol. The molecule has 0 bridgehead atoms. The number of benzene rings is 1. The molecule has 0 fully saturated rings. The number of nitrogens with one attached hydrogen (secondary N) is 1. The SMILES string of the molecule is CC#CCOc1ccc(S(=O)(=O)C(CCC)C(=O)NO)cc1. The third-order valence-electron chi connectivity index (χ3n) is 2.97. The predicted molar refractivity (Wildman–Crippen MR) is 81.2 cm³/mol. The molecule has 120 valence electrons. The van der Waals surface area contributed by atoms with Crippen molar-refractivity contribution < 1.29 is 23.2 Å². The van der Waals surface area contributed by atoms with Gasteiger partial charge in [0.15, 0.2) is 9.84 Å². The van der Waals surface area contributed by atoms with Crippen LogP contribution in [0.3, 0.4) is 0 Å². The van der Waals surface area contributed by atoms with Gasteiger partial charge in [-0.15, -0.1) is 5.92 Å². The van der Waals surface area contributed by atoms with Crippen molar-refractivity contribution in [3.63, 3.8) is 0 Å². The van der Waals surface area contributed by atoms with Crippen LogP contribution in [0.1, 0.15) is 26.7 Å². The first kappa shape index (κ1) is 18.0. The normalized spacial score (nSPS) is 12.0. The van der Waals surface area contributed by atoms with Gasteiger partial charge in [0, 0.05) is 0 Å². The molecule has 0 aliphatic heterocycles. The molecule has 22 heavy (non-hydrogen) atoms. The van der Waals surface area contributed by atoms with E-state index >= 15 is 0 Å². The third-order valence-corrected chi connectivity index (χ3v) is 5.10. The van der Waals surface area contributed by atoms with Gasteiger partial charge in [-0.2, -0.15) is 0 Å². The molecule has 0 aliphatic carbocycles. The van der Waals surface area contributed by atoms with Gasteiger partial charge in [0.25, 0.3) is 5.91 Å². The lowest BCUT2D eigenvalue weighted by Gasteiger charge is -2.15. The van der Waals surface area contributed by atoms with Crippen molar-refractivity contribution in [3.8, 4) is 17.6 Å². The summed E-state index contributed by atoms with van der Waals surface area (Å²) >= 11 is 0. The van der Waals surface area contributed by atoms with Crippen molar-refractivity contribution in [1.29, 1.82) is 0 Å². The van der Waals surface area contributed by atoms with Crippen LogP contribution in [0.5, 0.6) is 5.75 Å². The van der Waals surface area contributed by atoms with E-state index in [1.807, 2.05) is 0 Å². The van der Waals surface area contributed by atoms with E-state index in [9.17, 15) is 13.2 Å². The zero-order valence-electron chi connectivity index (χ0n) is 12.5. The zero-order valence-corrected chi connectivity index (χ0v) is 13.3. The number of amides is 1. The van der Waals surface area contributed by atoms with Gasteiger partial charge in [-0.1, -0.05) is 19.3 Å². The molecule has 1 aromatic carbocycles. The quantitative estimate of drug-likeness (QED) is 0.451. The standard InChI is InChI=1S/C15H19NO5S/c1-3-5-11-21-12-7-9-13(10-8-12)22(19,20)14(6-4-2)15(17)16-18/h7-10,14,18H,4,6,11H2,1-2H3,(H,16,17). The van der Waals surface area contributed by atoms with Crippen LogP contribution in [-0.4, -0.2) is 31.4 Å². The molecule has 6 nitrogen and oxygen atoms in total. The Balaban J connectivity index is 3.00. The van der Waals surface area contributed by atoms with Crippen molar-refractivity contribution >= 4 is 15.7 Å². The van der Waals surface area contributed by atoms with Crippen LogP contribution in [0.25, 0.3) is 0 Å². The summed E-state index contributed by atoms with van der Waals surface area (Å²) in [5, 5.41) is 7.39. The summed E-state index contributed by atoms with van der Waals surface area (Å²) in [4.78, 5) is 11.6. The topological polar surface area (TPSA) is 92.7 Å². The Morgan fingerprint density at radius 1 is 1.36 bits per heavy atom. The molecule has 0 aliphatic rings. The monoisotopic (exact) mass is 325 g/mol. The summed E-state index contributed by atoms with van der Waals surface area (Å²) in [6.07, 6.45) is 0.618. The van der Waals surface area contributed by atoms with Crippen LogP contribution in [0.2, 0.25) is 0 Å². The van der Waals surface area contributed by atoms with Gasteiger partial charge < -0.3 is 4.74 Å². The highest BCUT2D eigenvalue weighted by Crippen LogP contribution is 2.22. The fourth-order valence-corrected chi connectivity index (χ4v) is 3.57. The molecular formula is C15H19NO5S. The van der Waals surface area contributed by atoms with Crippen molar-refractivity contribution in [2.45, 2.75) is 36.8 Å². The van der Waals surface area contributed by atoms with Crippen molar-refractivity contribution in [3.05, 3.63) is 24.3 Å². The second kappa shape index (κ2) is 8.41. The van der Waals surface area contributed by atoms with Crippen LogP contribution in [0.4, 0.5) is 0 Å². The van der Waals surface area contributed by atoms with E-state index in [1.54, 1.807) is 13.8 Å². The summed E-state index contributed by atoms with van der Waals surface area (Å²) in [6.45, 7) is 3.67. The van der Waals surface area contributed by atoms with Crippen LogP contribution >= 0.6 is 0 Å². The fourth-order valence-electron chi connectivity index (χ4n) is 1.84. The molecule has 0 radical (unpaired) electrons. The molecule has 0 heterocycles. The maximum Gasteiger partial charge on any atom is 0.262 e. The molecule has 0 saturated carbocycles. The minimum absolute atomic E-state index is 0.00322. The van der Waals surface area contributed by atoms with E-state index in [1.165, 1.54) is 29.7 Å². The molecular weight excluding hydrogens is 306 g/mol. The van der Waals surface area contributed by atoms with Crippen LogP contribution in [0, 0.1) is 11.8 Å². The molecule has 2 N–H and O–H groups in total. The van der Waals surface area contributed by atoms with E-state index in [-0.39, 0.29) is 17.9 Å². The third kappa shape index (κ3) is 4.48. The molecule has 1 atom stereocenters. The van der Waals surface area contributed by atoms with Crippen molar-refractivity contribution in [2.24, 2.45) is 0 Å². The average Bonchev–Trinajstić information content (AvgIpc) is 2.52. The highest BCUT2D eigenvalue weighted by atomic mass is 32.2. The number of ether oxygens (including phenoxy) is 1. The van der Waals surface area contributed by atoms with Crippen molar-refractivity contribution in [1.82, 2.24) is 5.48 Å². The Labute approximate surface area is 130 Å². The largest absolute Gasteiger partial charge is 0.481 e. The molecule has 1 aromatic rings. The summed E-state index contributed by atoms with van der Waals surface area (Å²) < 4.78 is 30.2. The summed E-state index contributed by atoms with van der Waals surface area (Å²) in [5.74, 6) is 4.97. The molecule has 1 amide bonds. The van der Waals surface area contributed by atoms with Gasteiger partial charge in [-0.25, -0.2) is 13.9 Å². The molecule has 0 aromatic heterocycles. The Bertz CT molecular complexity index is 655. The summed E-state index contributed by atoms with van der Waals surface area (Å²) in [7, 11) is -3.87. The molecule has 1 unspecified atom stereocenters. The lowest BCUT2D eigenvalue weighted by atomic mass is 10.2. The first-order valence-electron chi connectivity index (χ1n) is 6.77. The fraction of sp³-hybridized carbons (Fsp3) is 0.400. The van der Waals surface area contributed by atoms with E-state index < -0.39 is 21.0 Å². The van der Waals surface area contributed by atoms with Gasteiger partial charge in [-0.3, -0.25) is 10.0 Å². The Morgan fingerprint density at radius 3 is 2.50 bits per heavy atom. The van der Waals surface area contributed by atoms with Crippen molar-refractivity contribution in [2.75, 3.05) is 6.61 Å². The van der Waals surface area contributed by atoms with E-state index in [2.05, 4.69) is 11.8 Å². The number of hydroxylamine groups is 1. The van der Waals surface area contributed by atoms with Gasteiger partial charge in [0.2, 0.25) is 0 Å². The number of hydrogen-bond acceptors (Lipinski definition) is 5. The minimum atomic E-state index is -3.87. The van der Waals surface area contributed by atoms with Gasteiger partial charge in [0.05, 0.1) is 4.90 Å². The molecule has 7 heteroatoms. The number of carbonyl (C=O) groups is 1. The second-order valence-corrected chi connectivity index (χ2v) is 6.62. The lowest BCUT2D eigenvalue weighted by molar-refractivity contribution is -0.128. The Kier molecular flexibility index (Phi) is 6.89. The predicted octanol–water partition coefficient (Wildman–Crippen LogP) is 1.54. The zero-order chi connectivity index (χ0) is 16.6. The van der Waals surface area contributed by atoms with Crippen LogP contribution in [-0.2, 0) is 14.6 Å². The maximum absolute atomic E-state index is 12.5. The first-order valence-corrected chi connectivity index (χ1v) is 8.32. The smallest absolute Gasteiger partial charge is 0.262 e. The highest BCUT2D eigenvalue weighted by molar-refractivity contribution is 7.92. The molecule has 0 saturated heterocycles. The number of carbonyl (C=O) groups excluding carboxylic acids is 1. The minimum Gasteiger partial charge on any atom is -0.481 e. The highest BCUT2D eigenvalue weighted by Gasteiger charge is 2.33. The van der Waals surface area contributed by atoms with Crippen LogP contribution < -0.4 is 10.2 Å². The summed E-state index contributed by atoms with van der Waals surface area (Å²) in [5.41, 5.74) is 1.41. The second-order valence-electron chi connectivity index (χ2n) is 4.49. The molecule has 1 rings (SSSR count). The summed E-state index contributed by atoms with van der Waals surface area (Å²) in [6, 6.07) is 5.75. The van der Waals surface area contributed by atoms with Crippen LogP contribution in [0.15, 0.2) is 29.2 Å². The van der Waals surface area contributed by atoms with Gasteiger partial charge in [-0.05, 0) is 37.6 Å². The van der Waals surface area contributed by atoms with Gasteiger partial charge in [0.1, 0.15) is 17.6 Å². The number of sulfone groups is 1.